The van der Waals surface area contributed by atoms with Crippen LogP contribution < -0.4 is 5.32 Å². The molecule has 2 atom stereocenters. The molecule has 0 aromatic heterocycles. The SMILES string of the molecule is CCC(C)[C@@H](c1cccc(Cl)c1Cl)N1CCNCC1.Cl.Cl. The summed E-state index contributed by atoms with van der Waals surface area (Å²) in [7, 11) is 0. The molecule has 1 aliphatic rings. The first-order valence-corrected chi connectivity index (χ1v) is 7.79. The number of piperazine rings is 1. The minimum absolute atomic E-state index is 0. The van der Waals surface area contributed by atoms with Gasteiger partial charge in [-0.2, -0.15) is 0 Å². The summed E-state index contributed by atoms with van der Waals surface area (Å²) in [5.74, 6) is 0.564. The third-order valence-electron chi connectivity index (χ3n) is 4.03. The van der Waals surface area contributed by atoms with Gasteiger partial charge in [-0.05, 0) is 17.5 Å². The van der Waals surface area contributed by atoms with Gasteiger partial charge >= 0.3 is 0 Å². The van der Waals surface area contributed by atoms with E-state index in [9.17, 15) is 0 Å². The van der Waals surface area contributed by atoms with E-state index in [4.69, 9.17) is 23.2 Å². The average molecular weight is 374 g/mol. The van der Waals surface area contributed by atoms with Gasteiger partial charge in [0.15, 0.2) is 0 Å². The Morgan fingerprint density at radius 2 is 1.81 bits per heavy atom. The molecule has 1 heterocycles. The number of nitrogens with one attached hydrogen (secondary N) is 1. The van der Waals surface area contributed by atoms with Crippen molar-refractivity contribution < 1.29 is 0 Å². The van der Waals surface area contributed by atoms with Crippen LogP contribution >= 0.6 is 48.0 Å². The highest BCUT2D eigenvalue weighted by Gasteiger charge is 2.28. The normalized spacial score (nSPS) is 18.3. The Balaban J connectivity index is 0.00000200. The van der Waals surface area contributed by atoms with Gasteiger partial charge in [-0.25, -0.2) is 0 Å². The van der Waals surface area contributed by atoms with Crippen LogP contribution in [-0.2, 0) is 0 Å². The van der Waals surface area contributed by atoms with E-state index in [0.29, 0.717) is 22.0 Å². The third-order valence-corrected chi connectivity index (χ3v) is 4.86. The molecule has 0 saturated carbocycles. The fraction of sp³-hybridized carbons (Fsp3) is 0.600. The Morgan fingerprint density at radius 3 is 2.38 bits per heavy atom. The van der Waals surface area contributed by atoms with E-state index >= 15 is 0 Å². The van der Waals surface area contributed by atoms with Gasteiger partial charge in [0.2, 0.25) is 0 Å². The Labute approximate surface area is 150 Å². The maximum Gasteiger partial charge on any atom is 0.0640 e. The number of hydrogen-bond acceptors (Lipinski definition) is 2. The van der Waals surface area contributed by atoms with Crippen molar-refractivity contribution in [3.05, 3.63) is 33.8 Å². The first-order chi connectivity index (χ1) is 9.15. The highest BCUT2D eigenvalue weighted by atomic mass is 35.5. The van der Waals surface area contributed by atoms with Crippen molar-refractivity contribution in [3.63, 3.8) is 0 Å². The van der Waals surface area contributed by atoms with E-state index in [1.165, 1.54) is 5.56 Å². The van der Waals surface area contributed by atoms with Gasteiger partial charge in [0.25, 0.3) is 0 Å². The van der Waals surface area contributed by atoms with Gasteiger partial charge in [0.1, 0.15) is 0 Å². The molecule has 1 saturated heterocycles. The van der Waals surface area contributed by atoms with Crippen LogP contribution in [0.4, 0.5) is 0 Å². The maximum absolute atomic E-state index is 6.43. The molecule has 0 radical (unpaired) electrons. The topological polar surface area (TPSA) is 15.3 Å². The van der Waals surface area contributed by atoms with Crippen molar-refractivity contribution in [2.45, 2.75) is 26.3 Å². The third kappa shape index (κ3) is 5.16. The smallest absolute Gasteiger partial charge is 0.0640 e. The van der Waals surface area contributed by atoms with Crippen molar-refractivity contribution in [2.75, 3.05) is 26.2 Å². The van der Waals surface area contributed by atoms with Crippen LogP contribution in [-0.4, -0.2) is 31.1 Å². The Morgan fingerprint density at radius 1 is 1.19 bits per heavy atom. The molecule has 0 amide bonds. The summed E-state index contributed by atoms with van der Waals surface area (Å²) in [4.78, 5) is 2.53. The molecule has 2 rings (SSSR count). The molecule has 1 N–H and O–H groups in total. The second kappa shape index (κ2) is 10.1. The highest BCUT2D eigenvalue weighted by molar-refractivity contribution is 6.42. The predicted molar refractivity (Wildman–Crippen MR) is 97.6 cm³/mol. The number of hydrogen-bond donors (Lipinski definition) is 1. The summed E-state index contributed by atoms with van der Waals surface area (Å²) < 4.78 is 0. The standard InChI is InChI=1S/C15H22Cl2N2.2ClH/c1-3-11(2)15(19-9-7-18-8-10-19)12-5-4-6-13(16)14(12)17;;/h4-6,11,15,18H,3,7-10H2,1-2H3;2*1H/t11?,15-;;/m0../s1. The highest BCUT2D eigenvalue weighted by Crippen LogP contribution is 2.37. The van der Waals surface area contributed by atoms with Crippen molar-refractivity contribution in [2.24, 2.45) is 5.92 Å². The predicted octanol–water partition coefficient (Wildman–Crippen LogP) is 4.83. The van der Waals surface area contributed by atoms with E-state index in [1.807, 2.05) is 12.1 Å². The molecule has 0 bridgehead atoms. The largest absolute Gasteiger partial charge is 0.314 e. The minimum Gasteiger partial charge on any atom is -0.314 e. The Kier molecular flexibility index (Phi) is 10.3. The fourth-order valence-corrected chi connectivity index (χ4v) is 3.22. The zero-order valence-electron chi connectivity index (χ0n) is 12.4. The number of halogens is 4. The molecule has 2 nitrogen and oxygen atoms in total. The summed E-state index contributed by atoms with van der Waals surface area (Å²) in [5.41, 5.74) is 1.17. The molecule has 1 unspecified atom stereocenters. The van der Waals surface area contributed by atoms with E-state index < -0.39 is 0 Å². The van der Waals surface area contributed by atoms with Crippen molar-refractivity contribution >= 4 is 48.0 Å². The lowest BCUT2D eigenvalue weighted by Gasteiger charge is -2.39. The first-order valence-electron chi connectivity index (χ1n) is 7.03. The lowest BCUT2D eigenvalue weighted by molar-refractivity contribution is 0.128. The zero-order valence-corrected chi connectivity index (χ0v) is 15.6. The monoisotopic (exact) mass is 372 g/mol. The Bertz CT molecular complexity index is 422. The molecule has 1 aromatic carbocycles. The molecule has 1 aromatic rings. The molecule has 1 aliphatic heterocycles. The summed E-state index contributed by atoms with van der Waals surface area (Å²) in [6.07, 6.45) is 1.14. The van der Waals surface area contributed by atoms with Crippen molar-refractivity contribution in [3.8, 4) is 0 Å². The van der Waals surface area contributed by atoms with Crippen molar-refractivity contribution in [1.29, 1.82) is 0 Å². The summed E-state index contributed by atoms with van der Waals surface area (Å²) in [6, 6.07) is 6.34. The van der Waals surface area contributed by atoms with Gasteiger partial charge in [-0.3, -0.25) is 4.90 Å². The van der Waals surface area contributed by atoms with Gasteiger partial charge < -0.3 is 5.32 Å². The van der Waals surface area contributed by atoms with E-state index in [-0.39, 0.29) is 24.8 Å². The molecule has 6 heteroatoms. The maximum atomic E-state index is 6.43. The van der Waals surface area contributed by atoms with E-state index in [0.717, 1.165) is 32.6 Å². The lowest BCUT2D eigenvalue weighted by Crippen LogP contribution is -2.46. The number of benzene rings is 1. The first kappa shape index (κ1) is 21.3. The van der Waals surface area contributed by atoms with Crippen molar-refractivity contribution in [1.82, 2.24) is 10.2 Å². The second-order valence-electron chi connectivity index (χ2n) is 5.26. The number of rotatable bonds is 4. The van der Waals surface area contributed by atoms with E-state index in [2.05, 4.69) is 30.1 Å². The van der Waals surface area contributed by atoms with Crippen LogP contribution in [0.5, 0.6) is 0 Å². The number of nitrogens with zero attached hydrogens (tertiary/aromatic N) is 1. The summed E-state index contributed by atoms with van der Waals surface area (Å²) in [6.45, 7) is 8.76. The second-order valence-corrected chi connectivity index (χ2v) is 6.04. The summed E-state index contributed by atoms with van der Waals surface area (Å²) in [5, 5.41) is 4.77. The van der Waals surface area contributed by atoms with E-state index in [1.54, 1.807) is 0 Å². The molecule has 122 valence electrons. The lowest BCUT2D eigenvalue weighted by atomic mass is 9.90. The molecule has 0 spiro atoms. The van der Waals surface area contributed by atoms with Gasteiger partial charge in [-0.1, -0.05) is 55.6 Å². The quantitative estimate of drug-likeness (QED) is 0.812. The minimum atomic E-state index is 0. The fourth-order valence-electron chi connectivity index (χ4n) is 2.80. The molecule has 21 heavy (non-hydrogen) atoms. The van der Waals surface area contributed by atoms with Crippen LogP contribution in [0, 0.1) is 5.92 Å². The summed E-state index contributed by atoms with van der Waals surface area (Å²) >= 11 is 12.6. The zero-order chi connectivity index (χ0) is 13.8. The van der Waals surface area contributed by atoms with Crippen LogP contribution in [0.3, 0.4) is 0 Å². The van der Waals surface area contributed by atoms with Gasteiger partial charge in [0, 0.05) is 32.2 Å². The van der Waals surface area contributed by atoms with Crippen LogP contribution in [0.1, 0.15) is 31.9 Å². The average Bonchev–Trinajstić information content (AvgIpc) is 2.44. The van der Waals surface area contributed by atoms with Crippen LogP contribution in [0.15, 0.2) is 18.2 Å². The molecular formula is C15H24Cl4N2. The van der Waals surface area contributed by atoms with Gasteiger partial charge in [-0.15, -0.1) is 24.8 Å². The van der Waals surface area contributed by atoms with Crippen LogP contribution in [0.25, 0.3) is 0 Å². The molecule has 0 aliphatic carbocycles. The molecule has 1 fully saturated rings. The van der Waals surface area contributed by atoms with Crippen LogP contribution in [0.2, 0.25) is 10.0 Å². The molecular weight excluding hydrogens is 350 g/mol. The Hall–Kier alpha value is 0.300. The van der Waals surface area contributed by atoms with Gasteiger partial charge in [0.05, 0.1) is 10.0 Å².